The SMILES string of the molecule is CCCC(C)CC(Cc1cc(C(C)(C)C)cc(C(C)(C)C)c1OC)C(=O)O. The predicted molar refractivity (Wildman–Crippen MR) is 114 cm³/mol. The Bertz CT molecular complexity index is 632. The van der Waals surface area contributed by atoms with E-state index in [1.165, 1.54) is 5.56 Å². The molecule has 1 N–H and O–H groups in total. The van der Waals surface area contributed by atoms with Crippen molar-refractivity contribution in [3.8, 4) is 5.75 Å². The monoisotopic (exact) mass is 376 g/mol. The number of carboxylic acids is 1. The smallest absolute Gasteiger partial charge is 0.306 e. The quantitative estimate of drug-likeness (QED) is 0.574. The van der Waals surface area contributed by atoms with E-state index in [1.54, 1.807) is 7.11 Å². The third-order valence-electron chi connectivity index (χ3n) is 5.33. The van der Waals surface area contributed by atoms with Gasteiger partial charge in [0, 0.05) is 5.56 Å². The maximum absolute atomic E-state index is 12.0. The Morgan fingerprint density at radius 1 is 1.11 bits per heavy atom. The van der Waals surface area contributed by atoms with Crippen LogP contribution < -0.4 is 4.74 Å². The van der Waals surface area contributed by atoms with Gasteiger partial charge in [-0.25, -0.2) is 0 Å². The molecular weight excluding hydrogens is 336 g/mol. The summed E-state index contributed by atoms with van der Waals surface area (Å²) in [6.07, 6.45) is 3.37. The van der Waals surface area contributed by atoms with Crippen LogP contribution in [0.15, 0.2) is 12.1 Å². The number of aliphatic carboxylic acids is 1. The minimum atomic E-state index is -0.710. The van der Waals surface area contributed by atoms with Crippen LogP contribution in [0.25, 0.3) is 0 Å². The average Bonchev–Trinajstić information content (AvgIpc) is 2.51. The Balaban J connectivity index is 3.44. The van der Waals surface area contributed by atoms with Crippen LogP contribution in [0.3, 0.4) is 0 Å². The van der Waals surface area contributed by atoms with Gasteiger partial charge in [0.25, 0.3) is 0 Å². The molecule has 0 aromatic heterocycles. The Labute approximate surface area is 166 Å². The van der Waals surface area contributed by atoms with Crippen molar-refractivity contribution in [1.29, 1.82) is 0 Å². The molecule has 27 heavy (non-hydrogen) atoms. The fraction of sp³-hybridized carbons (Fsp3) is 0.708. The molecule has 154 valence electrons. The summed E-state index contributed by atoms with van der Waals surface area (Å²) in [5.41, 5.74) is 3.32. The normalized spacial score (nSPS) is 14.7. The lowest BCUT2D eigenvalue weighted by Gasteiger charge is -2.29. The topological polar surface area (TPSA) is 46.5 Å². The summed E-state index contributed by atoms with van der Waals surface area (Å²) < 4.78 is 5.81. The summed E-state index contributed by atoms with van der Waals surface area (Å²) >= 11 is 0. The van der Waals surface area contributed by atoms with Gasteiger partial charge in [-0.05, 0) is 40.7 Å². The van der Waals surface area contributed by atoms with Crippen LogP contribution in [0, 0.1) is 11.8 Å². The number of methoxy groups -OCH3 is 1. The Morgan fingerprint density at radius 3 is 2.11 bits per heavy atom. The van der Waals surface area contributed by atoms with Crippen molar-refractivity contribution in [2.45, 2.75) is 91.9 Å². The zero-order valence-electron chi connectivity index (χ0n) is 18.9. The molecule has 0 spiro atoms. The van der Waals surface area contributed by atoms with Crippen molar-refractivity contribution >= 4 is 5.97 Å². The fourth-order valence-corrected chi connectivity index (χ4v) is 3.71. The molecule has 1 rings (SSSR count). The maximum atomic E-state index is 12.0. The van der Waals surface area contributed by atoms with Crippen molar-refractivity contribution in [1.82, 2.24) is 0 Å². The highest BCUT2D eigenvalue weighted by molar-refractivity contribution is 5.70. The first-order valence-corrected chi connectivity index (χ1v) is 10.3. The van der Waals surface area contributed by atoms with E-state index in [-0.39, 0.29) is 16.7 Å². The molecule has 0 aliphatic rings. The Morgan fingerprint density at radius 2 is 1.70 bits per heavy atom. The third kappa shape index (κ3) is 6.55. The summed E-state index contributed by atoms with van der Waals surface area (Å²) in [7, 11) is 1.69. The molecule has 0 amide bonds. The van der Waals surface area contributed by atoms with Gasteiger partial charge in [0.15, 0.2) is 0 Å². The summed E-state index contributed by atoms with van der Waals surface area (Å²) in [5.74, 6) is 0.168. The lowest BCUT2D eigenvalue weighted by atomic mass is 9.77. The summed E-state index contributed by atoms with van der Waals surface area (Å²) in [6, 6.07) is 4.40. The minimum absolute atomic E-state index is 0.00472. The second-order valence-corrected chi connectivity index (χ2v) is 10.1. The molecule has 2 unspecified atom stereocenters. The van der Waals surface area contributed by atoms with Crippen molar-refractivity contribution < 1.29 is 14.6 Å². The molecule has 0 heterocycles. The zero-order valence-corrected chi connectivity index (χ0v) is 18.9. The zero-order chi connectivity index (χ0) is 21.0. The number of rotatable bonds is 8. The van der Waals surface area contributed by atoms with Gasteiger partial charge < -0.3 is 9.84 Å². The molecule has 0 aliphatic carbocycles. The second kappa shape index (κ2) is 9.12. The second-order valence-electron chi connectivity index (χ2n) is 10.1. The molecule has 3 nitrogen and oxygen atoms in total. The molecular formula is C24H40O3. The molecule has 0 fully saturated rings. The van der Waals surface area contributed by atoms with Gasteiger partial charge in [-0.3, -0.25) is 4.79 Å². The van der Waals surface area contributed by atoms with Crippen molar-refractivity contribution in [2.24, 2.45) is 11.8 Å². The lowest BCUT2D eigenvalue weighted by Crippen LogP contribution is -2.22. The largest absolute Gasteiger partial charge is 0.496 e. The summed E-state index contributed by atoms with van der Waals surface area (Å²) in [6.45, 7) is 17.4. The molecule has 2 atom stereocenters. The number of hydrogen-bond donors (Lipinski definition) is 1. The van der Waals surface area contributed by atoms with Gasteiger partial charge in [0.05, 0.1) is 13.0 Å². The molecule has 0 saturated heterocycles. The Hall–Kier alpha value is -1.51. The van der Waals surface area contributed by atoms with Crippen LogP contribution in [0.1, 0.15) is 91.3 Å². The van der Waals surface area contributed by atoms with E-state index in [2.05, 4.69) is 67.5 Å². The first kappa shape index (κ1) is 23.5. The van der Waals surface area contributed by atoms with Crippen LogP contribution in [-0.2, 0) is 22.0 Å². The first-order valence-electron chi connectivity index (χ1n) is 10.3. The van der Waals surface area contributed by atoms with Gasteiger partial charge in [0.2, 0.25) is 0 Å². The molecule has 1 aromatic rings. The summed E-state index contributed by atoms with van der Waals surface area (Å²) in [4.78, 5) is 12.0. The van der Waals surface area contributed by atoms with Crippen LogP contribution >= 0.6 is 0 Å². The molecule has 0 bridgehead atoms. The van der Waals surface area contributed by atoms with Gasteiger partial charge in [0.1, 0.15) is 5.75 Å². The molecule has 0 aliphatic heterocycles. The van der Waals surface area contributed by atoms with Crippen LogP contribution in [0.4, 0.5) is 0 Å². The van der Waals surface area contributed by atoms with Crippen LogP contribution in [-0.4, -0.2) is 18.2 Å². The highest BCUT2D eigenvalue weighted by Gasteiger charge is 2.28. The molecule has 3 heteroatoms. The number of hydrogen-bond acceptors (Lipinski definition) is 2. The molecule has 0 saturated carbocycles. The van der Waals surface area contributed by atoms with Gasteiger partial charge >= 0.3 is 5.97 Å². The van der Waals surface area contributed by atoms with E-state index in [0.717, 1.165) is 29.7 Å². The van der Waals surface area contributed by atoms with E-state index in [4.69, 9.17) is 4.74 Å². The minimum Gasteiger partial charge on any atom is -0.496 e. The lowest BCUT2D eigenvalue weighted by molar-refractivity contribution is -0.142. The standard InChI is InChI=1S/C24H40O3/c1-10-11-16(2)12-18(22(25)26)13-17-14-19(23(3,4)5)15-20(21(17)27-9)24(6,7)8/h14-16,18H,10-13H2,1-9H3,(H,25,26). The maximum Gasteiger partial charge on any atom is 0.306 e. The highest BCUT2D eigenvalue weighted by Crippen LogP contribution is 2.39. The fourth-order valence-electron chi connectivity index (χ4n) is 3.71. The van der Waals surface area contributed by atoms with Crippen LogP contribution in [0.2, 0.25) is 0 Å². The highest BCUT2D eigenvalue weighted by atomic mass is 16.5. The van der Waals surface area contributed by atoms with Crippen LogP contribution in [0.5, 0.6) is 5.75 Å². The van der Waals surface area contributed by atoms with E-state index >= 15 is 0 Å². The predicted octanol–water partition coefficient (Wildman–Crippen LogP) is 6.36. The van der Waals surface area contributed by atoms with Gasteiger partial charge in [-0.1, -0.05) is 80.4 Å². The van der Waals surface area contributed by atoms with E-state index in [0.29, 0.717) is 18.8 Å². The average molecular weight is 377 g/mol. The molecule has 0 radical (unpaired) electrons. The van der Waals surface area contributed by atoms with Crippen molar-refractivity contribution in [3.63, 3.8) is 0 Å². The third-order valence-corrected chi connectivity index (χ3v) is 5.33. The number of benzene rings is 1. The van der Waals surface area contributed by atoms with Crippen molar-refractivity contribution in [3.05, 3.63) is 28.8 Å². The number of ether oxygens (including phenoxy) is 1. The van der Waals surface area contributed by atoms with Crippen molar-refractivity contribution in [2.75, 3.05) is 7.11 Å². The first-order chi connectivity index (χ1) is 12.3. The van der Waals surface area contributed by atoms with E-state index < -0.39 is 5.97 Å². The number of carboxylic acid groups (broad SMARTS) is 1. The summed E-state index contributed by atoms with van der Waals surface area (Å²) in [5, 5.41) is 9.83. The Kier molecular flexibility index (Phi) is 7.95. The van der Waals surface area contributed by atoms with Gasteiger partial charge in [-0.2, -0.15) is 0 Å². The van der Waals surface area contributed by atoms with Gasteiger partial charge in [-0.15, -0.1) is 0 Å². The number of carbonyl (C=O) groups is 1. The van der Waals surface area contributed by atoms with E-state index in [9.17, 15) is 9.90 Å². The van der Waals surface area contributed by atoms with E-state index in [1.807, 2.05) is 0 Å². The molecule has 1 aromatic carbocycles.